The van der Waals surface area contributed by atoms with E-state index in [1.54, 1.807) is 6.92 Å². The predicted molar refractivity (Wildman–Crippen MR) is 117 cm³/mol. The molecule has 1 heterocycles. The third-order valence-corrected chi connectivity index (χ3v) is 7.19. The average Bonchev–Trinajstić information content (AvgIpc) is 3.51. The first-order chi connectivity index (χ1) is 15.1. The van der Waals surface area contributed by atoms with Gasteiger partial charge in [0.15, 0.2) is 0 Å². The molecule has 0 spiro atoms. The zero-order chi connectivity index (χ0) is 23.5. The molecule has 11 heteroatoms. The summed E-state index contributed by atoms with van der Waals surface area (Å²) in [6, 6.07) is 3.24. The van der Waals surface area contributed by atoms with E-state index < -0.39 is 27.9 Å². The molecule has 2 fully saturated rings. The van der Waals surface area contributed by atoms with Crippen LogP contribution in [0.5, 0.6) is 0 Å². The van der Waals surface area contributed by atoms with Crippen LogP contribution in [-0.2, 0) is 19.6 Å². The lowest BCUT2D eigenvalue weighted by molar-refractivity contribution is -0.119. The number of halogens is 1. The number of urea groups is 1. The van der Waals surface area contributed by atoms with Gasteiger partial charge < -0.3 is 9.80 Å². The first kappa shape index (κ1) is 24.1. The molecule has 2 N–H and O–H groups in total. The number of hydrogen-bond donors (Lipinski definition) is 2. The summed E-state index contributed by atoms with van der Waals surface area (Å²) in [6.07, 6.45) is 3.20. The van der Waals surface area contributed by atoms with Gasteiger partial charge in [0, 0.05) is 25.6 Å². The van der Waals surface area contributed by atoms with Gasteiger partial charge in [0.1, 0.15) is 12.4 Å². The molecule has 9 nitrogen and oxygen atoms in total. The Morgan fingerprint density at radius 2 is 2.00 bits per heavy atom. The molecular formula is C21H29FN4O5S. The smallest absolute Gasteiger partial charge is 0.315 e. The molecule has 1 aromatic carbocycles. The Kier molecular flexibility index (Phi) is 7.50. The maximum absolute atomic E-state index is 14.3. The molecule has 4 amide bonds. The number of sulfonamides is 1. The van der Waals surface area contributed by atoms with Crippen molar-refractivity contribution in [2.45, 2.75) is 45.1 Å². The van der Waals surface area contributed by atoms with Gasteiger partial charge in [0.05, 0.1) is 11.4 Å². The highest BCUT2D eigenvalue weighted by Gasteiger charge is 2.33. The maximum atomic E-state index is 14.3. The van der Waals surface area contributed by atoms with E-state index in [1.807, 2.05) is 0 Å². The van der Waals surface area contributed by atoms with Crippen LogP contribution in [0.3, 0.4) is 0 Å². The molecule has 1 saturated carbocycles. The van der Waals surface area contributed by atoms with Gasteiger partial charge in [0.25, 0.3) is 0 Å². The number of imide groups is 1. The topological polar surface area (TPSA) is 116 Å². The van der Waals surface area contributed by atoms with Crippen LogP contribution in [0.4, 0.5) is 14.9 Å². The number of rotatable bonds is 11. The summed E-state index contributed by atoms with van der Waals surface area (Å²) in [5.41, 5.74) is 0.694. The van der Waals surface area contributed by atoms with Gasteiger partial charge in [-0.3, -0.25) is 14.9 Å². The summed E-state index contributed by atoms with van der Waals surface area (Å²) in [5.74, 6) is -1.14. The Hall–Kier alpha value is -2.53. The second-order valence-electron chi connectivity index (χ2n) is 8.38. The Labute approximate surface area is 187 Å². The number of benzene rings is 1. The van der Waals surface area contributed by atoms with Gasteiger partial charge in [-0.25, -0.2) is 22.3 Å². The molecular weight excluding hydrogens is 439 g/mol. The summed E-state index contributed by atoms with van der Waals surface area (Å²) in [5, 5.41) is 2.20. The van der Waals surface area contributed by atoms with Crippen LogP contribution in [0.25, 0.3) is 0 Å². The lowest BCUT2D eigenvalue weighted by Gasteiger charge is -2.21. The normalized spacial score (nSPS) is 17.4. The highest BCUT2D eigenvalue weighted by Crippen LogP contribution is 2.33. The number of unbranched alkanes of at least 4 members (excludes halogenated alkanes) is 2. The summed E-state index contributed by atoms with van der Waals surface area (Å²) in [7, 11) is -2.06. The van der Waals surface area contributed by atoms with Crippen LogP contribution in [0.15, 0.2) is 18.2 Å². The zero-order valence-electron chi connectivity index (χ0n) is 18.3. The molecule has 0 aromatic heterocycles. The summed E-state index contributed by atoms with van der Waals surface area (Å²) < 4.78 is 41.8. The van der Waals surface area contributed by atoms with Gasteiger partial charge in [-0.2, -0.15) is 0 Å². The Morgan fingerprint density at radius 1 is 1.28 bits per heavy atom. The Bertz CT molecular complexity index is 996. The third kappa shape index (κ3) is 6.26. The first-order valence-electron chi connectivity index (χ1n) is 10.7. The summed E-state index contributed by atoms with van der Waals surface area (Å²) in [4.78, 5) is 37.6. The second kappa shape index (κ2) is 9.95. The zero-order valence-corrected chi connectivity index (χ0v) is 19.1. The minimum Gasteiger partial charge on any atom is -0.315 e. The minimum atomic E-state index is -3.58. The van der Waals surface area contributed by atoms with E-state index in [1.165, 1.54) is 35.0 Å². The fraction of sp³-hybridized carbons (Fsp3) is 0.571. The molecule has 32 heavy (non-hydrogen) atoms. The fourth-order valence-corrected chi connectivity index (χ4v) is 4.99. The van der Waals surface area contributed by atoms with E-state index in [4.69, 9.17) is 0 Å². The average molecular weight is 469 g/mol. The summed E-state index contributed by atoms with van der Waals surface area (Å²) >= 11 is 0. The van der Waals surface area contributed by atoms with Crippen LogP contribution >= 0.6 is 0 Å². The lowest BCUT2D eigenvalue weighted by Crippen LogP contribution is -2.31. The van der Waals surface area contributed by atoms with Crippen LogP contribution in [0.2, 0.25) is 0 Å². The molecule has 176 valence electrons. The monoisotopic (exact) mass is 468 g/mol. The predicted octanol–water partition coefficient (Wildman–Crippen LogP) is 1.90. The standard InChI is InChI=1S/C21H29FN4O5S/c1-14(16-8-9-17(22)18(12-16)25(2)20(28)15-6-7-15)24-32(30,31)11-5-3-4-10-26-13-19(27)23-21(26)29/h8-9,12,14-15,24H,3-7,10-11,13H2,1-2H3,(H,23,27,29)/t14-/m1/s1. The van der Waals surface area contributed by atoms with E-state index >= 15 is 0 Å². The van der Waals surface area contributed by atoms with Gasteiger partial charge in [0.2, 0.25) is 21.8 Å². The van der Waals surface area contributed by atoms with E-state index in [-0.39, 0.29) is 35.7 Å². The number of amides is 4. The van der Waals surface area contributed by atoms with E-state index in [0.717, 1.165) is 12.8 Å². The van der Waals surface area contributed by atoms with Crippen molar-refractivity contribution in [1.82, 2.24) is 14.9 Å². The molecule has 0 bridgehead atoms. The van der Waals surface area contributed by atoms with E-state index in [0.29, 0.717) is 31.4 Å². The highest BCUT2D eigenvalue weighted by atomic mass is 32.2. The Morgan fingerprint density at radius 3 is 2.62 bits per heavy atom. The summed E-state index contributed by atoms with van der Waals surface area (Å²) in [6.45, 7) is 2.10. The van der Waals surface area contributed by atoms with Crippen molar-refractivity contribution in [3.63, 3.8) is 0 Å². The van der Waals surface area contributed by atoms with Crippen LogP contribution < -0.4 is 14.9 Å². The lowest BCUT2D eigenvalue weighted by atomic mass is 10.1. The molecule has 1 aromatic rings. The number of anilines is 1. The van der Waals surface area contributed by atoms with Gasteiger partial charge in [-0.15, -0.1) is 0 Å². The molecule has 1 saturated heterocycles. The number of carbonyl (C=O) groups is 3. The van der Waals surface area contributed by atoms with Gasteiger partial charge in [-0.1, -0.05) is 12.5 Å². The fourth-order valence-electron chi connectivity index (χ4n) is 3.61. The minimum absolute atomic E-state index is 0.0390. The van der Waals surface area contributed by atoms with Crippen molar-refractivity contribution in [3.05, 3.63) is 29.6 Å². The highest BCUT2D eigenvalue weighted by molar-refractivity contribution is 7.89. The van der Waals surface area contributed by atoms with Gasteiger partial charge in [-0.05, 0) is 50.3 Å². The third-order valence-electron chi connectivity index (χ3n) is 5.65. The second-order valence-corrected chi connectivity index (χ2v) is 10.2. The maximum Gasteiger partial charge on any atom is 0.324 e. The van der Waals surface area contributed by atoms with Crippen molar-refractivity contribution < 1.29 is 27.2 Å². The number of hydrogen-bond acceptors (Lipinski definition) is 5. The van der Waals surface area contributed by atoms with Crippen molar-refractivity contribution in [2.24, 2.45) is 5.92 Å². The molecule has 1 atom stereocenters. The largest absolute Gasteiger partial charge is 0.324 e. The van der Waals surface area contributed by atoms with Crippen LogP contribution in [-0.4, -0.2) is 57.1 Å². The van der Waals surface area contributed by atoms with Crippen molar-refractivity contribution in [2.75, 3.05) is 30.8 Å². The molecule has 2 aliphatic rings. The van der Waals surface area contributed by atoms with Crippen molar-refractivity contribution >= 4 is 33.6 Å². The number of nitrogens with one attached hydrogen (secondary N) is 2. The molecule has 0 unspecified atom stereocenters. The molecule has 1 aliphatic carbocycles. The van der Waals surface area contributed by atoms with Crippen LogP contribution in [0, 0.1) is 11.7 Å². The number of nitrogens with zero attached hydrogens (tertiary/aromatic N) is 2. The van der Waals surface area contributed by atoms with Crippen LogP contribution in [0.1, 0.15) is 50.6 Å². The van der Waals surface area contributed by atoms with E-state index in [9.17, 15) is 27.2 Å². The van der Waals surface area contributed by atoms with Crippen molar-refractivity contribution in [1.29, 1.82) is 0 Å². The van der Waals surface area contributed by atoms with E-state index in [2.05, 4.69) is 10.0 Å². The molecule has 0 radical (unpaired) electrons. The van der Waals surface area contributed by atoms with Crippen molar-refractivity contribution in [3.8, 4) is 0 Å². The number of carbonyl (C=O) groups excluding carboxylic acids is 3. The molecule has 1 aliphatic heterocycles. The Balaban J connectivity index is 1.49. The molecule has 3 rings (SSSR count). The quantitative estimate of drug-likeness (QED) is 0.380. The first-order valence-corrected chi connectivity index (χ1v) is 12.4. The van der Waals surface area contributed by atoms with Gasteiger partial charge >= 0.3 is 6.03 Å². The SMILES string of the molecule is C[C@@H](NS(=O)(=O)CCCCCN1CC(=O)NC1=O)c1ccc(F)c(N(C)C(=O)C2CC2)c1.